The maximum atomic E-state index is 12.9. The lowest BCUT2D eigenvalue weighted by molar-refractivity contribution is 0.136. The summed E-state index contributed by atoms with van der Waals surface area (Å²) in [6.07, 6.45) is 5.85. The van der Waals surface area contributed by atoms with E-state index in [1.165, 1.54) is 43.5 Å². The molecule has 3 nitrogen and oxygen atoms in total. The second-order valence-corrected chi connectivity index (χ2v) is 7.85. The fraction of sp³-hybridized carbons (Fsp3) is 0.600. The molecule has 0 N–H and O–H groups in total. The van der Waals surface area contributed by atoms with E-state index in [4.69, 9.17) is 0 Å². The van der Waals surface area contributed by atoms with Crippen LogP contribution < -0.4 is 0 Å². The van der Waals surface area contributed by atoms with E-state index < -0.39 is 15.8 Å². The molecule has 1 aromatic carbocycles. The molecule has 0 bridgehead atoms. The highest BCUT2D eigenvalue weighted by Gasteiger charge is 2.36. The van der Waals surface area contributed by atoms with E-state index in [9.17, 15) is 12.8 Å². The van der Waals surface area contributed by atoms with Crippen molar-refractivity contribution in [2.24, 2.45) is 11.8 Å². The molecule has 1 saturated heterocycles. The van der Waals surface area contributed by atoms with Gasteiger partial charge in [-0.05, 0) is 48.9 Å². The second-order valence-electron chi connectivity index (χ2n) is 5.91. The lowest BCUT2D eigenvalue weighted by Gasteiger charge is -2.40. The first kappa shape index (κ1) is 14.0. The molecular formula is C15H20FNO2S. The van der Waals surface area contributed by atoms with Gasteiger partial charge < -0.3 is 0 Å². The van der Waals surface area contributed by atoms with Crippen LogP contribution in [0, 0.1) is 17.7 Å². The minimum Gasteiger partial charge on any atom is -0.207 e. The smallest absolute Gasteiger partial charge is 0.207 e. The Hall–Kier alpha value is -0.940. The Bertz CT molecular complexity index is 570. The zero-order chi connectivity index (χ0) is 14.2. The first-order chi connectivity index (χ1) is 9.57. The van der Waals surface area contributed by atoms with Crippen LogP contribution in [0.3, 0.4) is 0 Å². The summed E-state index contributed by atoms with van der Waals surface area (Å²) in [5, 5.41) is 0. The van der Waals surface area contributed by atoms with Crippen molar-refractivity contribution in [3.8, 4) is 0 Å². The van der Waals surface area contributed by atoms with E-state index in [1.54, 1.807) is 4.31 Å². The average molecular weight is 297 g/mol. The molecule has 1 aliphatic carbocycles. The number of piperidine rings is 1. The molecule has 0 amide bonds. The summed E-state index contributed by atoms with van der Waals surface area (Å²) in [4.78, 5) is 0.202. The molecule has 0 unspecified atom stereocenters. The van der Waals surface area contributed by atoms with Crippen LogP contribution in [0.1, 0.15) is 32.1 Å². The van der Waals surface area contributed by atoms with Crippen LogP contribution in [-0.2, 0) is 10.0 Å². The van der Waals surface area contributed by atoms with Gasteiger partial charge in [-0.25, -0.2) is 12.8 Å². The van der Waals surface area contributed by atoms with E-state index in [0.29, 0.717) is 24.9 Å². The van der Waals surface area contributed by atoms with Gasteiger partial charge in [0, 0.05) is 13.1 Å². The van der Waals surface area contributed by atoms with Crippen molar-refractivity contribution in [1.29, 1.82) is 0 Å². The molecule has 3 rings (SSSR count). The largest absolute Gasteiger partial charge is 0.243 e. The van der Waals surface area contributed by atoms with Gasteiger partial charge in [0.05, 0.1) is 4.90 Å². The van der Waals surface area contributed by atoms with Gasteiger partial charge in [-0.3, -0.25) is 0 Å². The molecule has 1 aliphatic heterocycles. The van der Waals surface area contributed by atoms with Crippen molar-refractivity contribution in [3.63, 3.8) is 0 Å². The van der Waals surface area contributed by atoms with Gasteiger partial charge in [0.15, 0.2) is 0 Å². The van der Waals surface area contributed by atoms with Crippen LogP contribution in [0.5, 0.6) is 0 Å². The van der Waals surface area contributed by atoms with Gasteiger partial charge >= 0.3 is 0 Å². The Morgan fingerprint density at radius 2 is 1.65 bits per heavy atom. The summed E-state index contributed by atoms with van der Waals surface area (Å²) in [5.41, 5.74) is 0. The summed E-state index contributed by atoms with van der Waals surface area (Å²) in [5.74, 6) is 0.797. The number of nitrogens with zero attached hydrogens (tertiary/aromatic N) is 1. The number of rotatable bonds is 2. The van der Waals surface area contributed by atoms with E-state index in [2.05, 4.69) is 0 Å². The van der Waals surface area contributed by atoms with Crippen LogP contribution in [-0.4, -0.2) is 25.8 Å². The van der Waals surface area contributed by atoms with Crippen molar-refractivity contribution in [2.75, 3.05) is 13.1 Å². The number of hydrogen-bond donors (Lipinski definition) is 0. The monoisotopic (exact) mass is 297 g/mol. The Kier molecular flexibility index (Phi) is 3.82. The number of hydrogen-bond acceptors (Lipinski definition) is 2. The topological polar surface area (TPSA) is 37.4 Å². The Balaban J connectivity index is 1.79. The maximum absolute atomic E-state index is 12.9. The lowest BCUT2D eigenvalue weighted by atomic mass is 9.76. The molecule has 1 saturated carbocycles. The highest BCUT2D eigenvalue weighted by molar-refractivity contribution is 7.89. The molecule has 2 fully saturated rings. The molecule has 1 aromatic rings. The summed E-state index contributed by atoms with van der Waals surface area (Å²) in [7, 11) is -3.46. The van der Waals surface area contributed by atoms with Gasteiger partial charge in [0.2, 0.25) is 10.0 Å². The minimum atomic E-state index is -3.46. The Morgan fingerprint density at radius 1 is 1.00 bits per heavy atom. The Morgan fingerprint density at radius 3 is 2.35 bits per heavy atom. The average Bonchev–Trinajstić information content (AvgIpc) is 2.47. The molecule has 1 heterocycles. The highest BCUT2D eigenvalue weighted by atomic mass is 32.2. The van der Waals surface area contributed by atoms with Crippen molar-refractivity contribution in [1.82, 2.24) is 4.31 Å². The molecule has 20 heavy (non-hydrogen) atoms. The standard InChI is InChI=1S/C15H20FNO2S/c16-14-5-7-15(8-6-14)20(18,19)17-10-9-12-3-1-2-4-13(12)11-17/h5-8,12-13H,1-4,9-11H2/t12-,13+/m0/s1. The van der Waals surface area contributed by atoms with Crippen molar-refractivity contribution in [2.45, 2.75) is 37.0 Å². The highest BCUT2D eigenvalue weighted by Crippen LogP contribution is 2.37. The fourth-order valence-electron chi connectivity index (χ4n) is 3.54. The van der Waals surface area contributed by atoms with Crippen molar-refractivity contribution in [3.05, 3.63) is 30.1 Å². The van der Waals surface area contributed by atoms with E-state index in [1.807, 2.05) is 0 Å². The molecule has 110 valence electrons. The van der Waals surface area contributed by atoms with Crippen molar-refractivity contribution < 1.29 is 12.8 Å². The molecular weight excluding hydrogens is 277 g/mol. The summed E-state index contributed by atoms with van der Waals surface area (Å²) in [6.45, 7) is 1.23. The second kappa shape index (κ2) is 5.45. The Labute approximate surface area is 119 Å². The van der Waals surface area contributed by atoms with Gasteiger partial charge in [-0.1, -0.05) is 19.3 Å². The maximum Gasteiger partial charge on any atom is 0.243 e. The van der Waals surface area contributed by atoms with E-state index in [0.717, 1.165) is 12.8 Å². The van der Waals surface area contributed by atoms with E-state index in [-0.39, 0.29) is 4.90 Å². The molecule has 0 spiro atoms. The number of fused-ring (bicyclic) bond motifs is 1. The van der Waals surface area contributed by atoms with Crippen LogP contribution in [0.25, 0.3) is 0 Å². The molecule has 2 atom stereocenters. The van der Waals surface area contributed by atoms with Gasteiger partial charge in [-0.2, -0.15) is 4.31 Å². The quantitative estimate of drug-likeness (QED) is 0.841. The first-order valence-electron chi connectivity index (χ1n) is 7.33. The third-order valence-corrected chi connectivity index (χ3v) is 6.58. The summed E-state index contributed by atoms with van der Waals surface area (Å²) < 4.78 is 39.7. The van der Waals surface area contributed by atoms with Crippen LogP contribution in [0.2, 0.25) is 0 Å². The first-order valence-corrected chi connectivity index (χ1v) is 8.77. The zero-order valence-electron chi connectivity index (χ0n) is 11.5. The number of sulfonamides is 1. The van der Waals surface area contributed by atoms with Crippen molar-refractivity contribution >= 4 is 10.0 Å². The third kappa shape index (κ3) is 2.61. The van der Waals surface area contributed by atoms with Gasteiger partial charge in [0.25, 0.3) is 0 Å². The molecule has 0 radical (unpaired) electrons. The lowest BCUT2D eigenvalue weighted by Crippen LogP contribution is -2.44. The minimum absolute atomic E-state index is 0.202. The molecule has 2 aliphatic rings. The zero-order valence-corrected chi connectivity index (χ0v) is 12.3. The molecule has 5 heteroatoms. The summed E-state index contributed by atoms with van der Waals surface area (Å²) in [6, 6.07) is 5.13. The van der Waals surface area contributed by atoms with Crippen LogP contribution in [0.15, 0.2) is 29.2 Å². The SMILES string of the molecule is O=S(=O)(c1ccc(F)cc1)N1CC[C@@H]2CCCC[C@@H]2C1. The molecule has 0 aromatic heterocycles. The third-order valence-electron chi connectivity index (χ3n) is 4.71. The normalized spacial score (nSPS) is 28.1. The van der Waals surface area contributed by atoms with E-state index >= 15 is 0 Å². The number of benzene rings is 1. The van der Waals surface area contributed by atoms with Crippen LogP contribution >= 0.6 is 0 Å². The van der Waals surface area contributed by atoms with Crippen LogP contribution in [0.4, 0.5) is 4.39 Å². The number of halogens is 1. The summed E-state index contributed by atoms with van der Waals surface area (Å²) >= 11 is 0. The fourth-order valence-corrected chi connectivity index (χ4v) is 5.05. The predicted molar refractivity (Wildman–Crippen MR) is 75.2 cm³/mol. The van der Waals surface area contributed by atoms with Gasteiger partial charge in [0.1, 0.15) is 5.82 Å². The predicted octanol–water partition coefficient (Wildman–Crippen LogP) is 3.03. The van der Waals surface area contributed by atoms with Gasteiger partial charge in [-0.15, -0.1) is 0 Å².